The van der Waals surface area contributed by atoms with Gasteiger partial charge in [0.15, 0.2) is 0 Å². The van der Waals surface area contributed by atoms with Gasteiger partial charge >= 0.3 is 0 Å². The van der Waals surface area contributed by atoms with E-state index in [0.717, 1.165) is 0 Å². The molecule has 0 heterocycles. The lowest BCUT2D eigenvalue weighted by atomic mass is 11.0. The Kier molecular flexibility index (Phi) is 3.15. The quantitative estimate of drug-likeness (QED) is 0.361. The molecule has 0 aliphatic heterocycles. The van der Waals surface area contributed by atoms with Crippen LogP contribution in [-0.4, -0.2) is 14.8 Å². The van der Waals surface area contributed by atoms with Crippen LogP contribution in [0, 0.1) is 0 Å². The lowest BCUT2D eigenvalue weighted by Gasteiger charge is -1.47. The van der Waals surface area contributed by atoms with Gasteiger partial charge in [-0.3, -0.25) is 0 Å². The zero-order chi connectivity index (χ0) is 3.41. The van der Waals surface area contributed by atoms with Crippen molar-refractivity contribution in [3.8, 4) is 0 Å². The molecule has 0 bridgehead atoms. The molecule has 0 saturated carbocycles. The molecule has 0 aromatic rings. The van der Waals surface area contributed by atoms with E-state index in [1.165, 1.54) is 0 Å². The van der Waals surface area contributed by atoms with Crippen LogP contribution in [0.3, 0.4) is 0 Å². The Balaban J connectivity index is 2.55. The number of hydrogen-bond donors (Lipinski definition) is 0. The van der Waals surface area contributed by atoms with E-state index in [4.69, 9.17) is 0 Å². The van der Waals surface area contributed by atoms with Gasteiger partial charge in [-0.25, -0.2) is 0 Å². The number of hydrogen-bond acceptors (Lipinski definition) is 0. The van der Waals surface area contributed by atoms with Gasteiger partial charge in [0, 0.05) is 0 Å². The van der Waals surface area contributed by atoms with Crippen LogP contribution >= 0.6 is 0 Å². The fraction of sp³-hybridized carbons (Fsp3) is 0.667. The van der Waals surface area contributed by atoms with Crippen molar-refractivity contribution in [2.45, 2.75) is 13.5 Å². The summed E-state index contributed by atoms with van der Waals surface area (Å²) in [5.74, 6) is 0. The SMILES string of the molecule is CC=[SiH]C. The molecule has 0 aromatic carbocycles. The topological polar surface area (TPSA) is 0 Å². The first-order chi connectivity index (χ1) is 1.91. The average molecular weight is 72.2 g/mol. The molecular weight excluding hydrogens is 64.1 g/mol. The van der Waals surface area contributed by atoms with Gasteiger partial charge in [0.2, 0.25) is 0 Å². The van der Waals surface area contributed by atoms with Crippen LogP contribution in [0.4, 0.5) is 0 Å². The van der Waals surface area contributed by atoms with Crippen LogP contribution in [-0.2, 0) is 0 Å². The van der Waals surface area contributed by atoms with Gasteiger partial charge in [-0.2, -0.15) is 0 Å². The number of rotatable bonds is 0. The maximum absolute atomic E-state index is 2.21. The first-order valence-corrected chi connectivity index (χ1v) is 3.31. The second-order valence-electron chi connectivity index (χ2n) is 0.667. The molecule has 0 aromatic heterocycles. The third kappa shape index (κ3) is 2.09. The predicted molar refractivity (Wildman–Crippen MR) is 24.8 cm³/mol. The van der Waals surface area contributed by atoms with Gasteiger partial charge < -0.3 is 0 Å². The van der Waals surface area contributed by atoms with E-state index in [2.05, 4.69) is 19.1 Å². The molecule has 0 unspecified atom stereocenters. The fourth-order valence-electron chi connectivity index (χ4n) is 0. The highest BCUT2D eigenvalue weighted by atomic mass is 28.2. The first-order valence-electron chi connectivity index (χ1n) is 1.49. The molecule has 0 saturated heterocycles. The molecule has 0 rings (SSSR count). The zero-order valence-corrected chi connectivity index (χ0v) is 4.31. The van der Waals surface area contributed by atoms with E-state index >= 15 is 0 Å². The summed E-state index contributed by atoms with van der Waals surface area (Å²) in [6, 6.07) is 0. The van der Waals surface area contributed by atoms with Crippen molar-refractivity contribution in [3.63, 3.8) is 0 Å². The van der Waals surface area contributed by atoms with E-state index in [-0.39, 0.29) is 0 Å². The van der Waals surface area contributed by atoms with Crippen LogP contribution in [0.1, 0.15) is 6.92 Å². The van der Waals surface area contributed by atoms with E-state index < -0.39 is 0 Å². The van der Waals surface area contributed by atoms with Gasteiger partial charge in [-0.15, -0.1) is 5.67 Å². The van der Waals surface area contributed by atoms with Crippen molar-refractivity contribution in [2.75, 3.05) is 0 Å². The summed E-state index contributed by atoms with van der Waals surface area (Å²) in [5, 5.41) is 0. The summed E-state index contributed by atoms with van der Waals surface area (Å²) in [7, 11) is 0.657. The third-order valence-corrected chi connectivity index (χ3v) is 1.00. The fourth-order valence-corrected chi connectivity index (χ4v) is 0. The Labute approximate surface area is 29.3 Å². The summed E-state index contributed by atoms with van der Waals surface area (Å²) in [4.78, 5) is 0. The van der Waals surface area contributed by atoms with Crippen LogP contribution in [0.5, 0.6) is 0 Å². The molecule has 24 valence electrons. The van der Waals surface area contributed by atoms with Gasteiger partial charge in [0.25, 0.3) is 0 Å². The van der Waals surface area contributed by atoms with Gasteiger partial charge in [0.05, 0.1) is 0 Å². The lowest BCUT2D eigenvalue weighted by molar-refractivity contribution is 2.12. The van der Waals surface area contributed by atoms with Gasteiger partial charge in [-0.1, -0.05) is 13.5 Å². The van der Waals surface area contributed by atoms with Crippen molar-refractivity contribution in [1.29, 1.82) is 0 Å². The smallest absolute Gasteiger partial charge is 0.0156 e. The highest BCUT2D eigenvalue weighted by molar-refractivity contribution is 6.44. The first kappa shape index (κ1) is 4.09. The minimum absolute atomic E-state index is 0.657. The highest BCUT2D eigenvalue weighted by Gasteiger charge is 1.36. The average Bonchev–Trinajstić information content (AvgIpc) is 1.37. The highest BCUT2D eigenvalue weighted by Crippen LogP contribution is 1.29. The molecule has 0 amide bonds. The van der Waals surface area contributed by atoms with Crippen LogP contribution in [0.2, 0.25) is 6.55 Å². The standard InChI is InChI=1S/C3H8Si/c1-3-4-2/h3-4H,1-2H3. The maximum atomic E-state index is 2.21. The van der Waals surface area contributed by atoms with Crippen LogP contribution in [0.15, 0.2) is 0 Å². The van der Waals surface area contributed by atoms with Gasteiger partial charge in [-0.05, 0) is 9.13 Å². The predicted octanol–water partition coefficient (Wildman–Crippen LogP) is 0.293. The van der Waals surface area contributed by atoms with Crippen molar-refractivity contribution in [2.24, 2.45) is 0 Å². The van der Waals surface area contributed by atoms with Crippen LogP contribution < -0.4 is 0 Å². The van der Waals surface area contributed by atoms with Crippen molar-refractivity contribution in [1.82, 2.24) is 0 Å². The summed E-state index contributed by atoms with van der Waals surface area (Å²) >= 11 is 0. The molecule has 0 aliphatic carbocycles. The molecule has 0 nitrogen and oxygen atoms in total. The minimum atomic E-state index is 0.657. The van der Waals surface area contributed by atoms with Crippen LogP contribution in [0.25, 0.3) is 0 Å². The lowest BCUT2D eigenvalue weighted by Crippen LogP contribution is -1.60. The molecule has 0 aliphatic rings. The van der Waals surface area contributed by atoms with E-state index in [1.54, 1.807) is 0 Å². The van der Waals surface area contributed by atoms with Gasteiger partial charge in [0.1, 0.15) is 0 Å². The van der Waals surface area contributed by atoms with Crippen molar-refractivity contribution < 1.29 is 0 Å². The summed E-state index contributed by atoms with van der Waals surface area (Å²) in [6.07, 6.45) is 0. The Morgan fingerprint density at radius 1 is 1.75 bits per heavy atom. The maximum Gasteiger partial charge on any atom is -0.0156 e. The monoisotopic (exact) mass is 72.0 g/mol. The molecule has 0 fully saturated rings. The summed E-state index contributed by atoms with van der Waals surface area (Å²) in [5.41, 5.74) is 2.21. The molecular formula is C3H8Si. The molecule has 0 atom stereocenters. The third-order valence-electron chi connectivity index (χ3n) is 0.333. The van der Waals surface area contributed by atoms with E-state index in [0.29, 0.717) is 9.13 Å². The molecule has 1 heteroatoms. The molecule has 0 spiro atoms. The Bertz CT molecular complexity index is 18.5. The van der Waals surface area contributed by atoms with E-state index in [9.17, 15) is 0 Å². The Morgan fingerprint density at radius 3 is 2.00 bits per heavy atom. The largest absolute Gasteiger partial charge is 0.110 e. The van der Waals surface area contributed by atoms with Crippen molar-refractivity contribution in [3.05, 3.63) is 0 Å². The Morgan fingerprint density at radius 2 is 2.00 bits per heavy atom. The Hall–Kier alpha value is 0.0869. The minimum Gasteiger partial charge on any atom is -0.110 e. The molecule has 4 heavy (non-hydrogen) atoms. The second-order valence-corrected chi connectivity index (χ2v) is 2.00. The van der Waals surface area contributed by atoms with Crippen molar-refractivity contribution >= 4 is 14.8 Å². The van der Waals surface area contributed by atoms with E-state index in [1.807, 2.05) is 0 Å². The summed E-state index contributed by atoms with van der Waals surface area (Å²) in [6.45, 7) is 4.30. The second kappa shape index (κ2) is 3.09. The zero-order valence-electron chi connectivity index (χ0n) is 3.15. The molecule has 0 radical (unpaired) electrons. The molecule has 0 N–H and O–H groups in total. The summed E-state index contributed by atoms with van der Waals surface area (Å²) < 4.78 is 0. The normalized spacial score (nSPS) is 9.50.